The topological polar surface area (TPSA) is 0 Å². The van der Waals surface area contributed by atoms with E-state index in [4.69, 9.17) is 0 Å². The molecule has 0 fully saturated rings. The first kappa shape index (κ1) is 9.46. The number of allylic oxidation sites excluding steroid dienone is 1. The first-order chi connectivity index (χ1) is 4.54. The number of alkyl halides is 4. The van der Waals surface area contributed by atoms with E-state index in [1.54, 1.807) is 0 Å². The Kier molecular flexibility index (Phi) is 3.39. The average Bonchev–Trinajstić information content (AvgIpc) is 1.89. The molecule has 0 saturated carbocycles. The van der Waals surface area contributed by atoms with Gasteiger partial charge in [0.2, 0.25) is 0 Å². The fraction of sp³-hybridized carbons (Fsp3) is 0.667. The van der Waals surface area contributed by atoms with Gasteiger partial charge in [-0.2, -0.15) is 0 Å². The zero-order chi connectivity index (χ0) is 8.20. The molecular formula is C6H8F4. The zero-order valence-electron chi connectivity index (χ0n) is 5.29. The van der Waals surface area contributed by atoms with E-state index >= 15 is 0 Å². The molecule has 0 aliphatic heterocycles. The van der Waals surface area contributed by atoms with Crippen molar-refractivity contribution in [2.45, 2.75) is 18.5 Å². The standard InChI is InChI=1S/C6H8F4/c1-2-3-5(8)6(9,10)4-7/h2,5H,1,3-4H2. The summed E-state index contributed by atoms with van der Waals surface area (Å²) in [5.74, 6) is -3.85. The summed E-state index contributed by atoms with van der Waals surface area (Å²) in [4.78, 5) is 0. The molecule has 4 heteroatoms. The molecule has 0 bridgehead atoms. The molecule has 0 aliphatic rings. The molecule has 0 amide bonds. The van der Waals surface area contributed by atoms with Crippen LogP contribution in [0.3, 0.4) is 0 Å². The highest BCUT2D eigenvalue weighted by atomic mass is 19.3. The Labute approximate surface area is 56.5 Å². The largest absolute Gasteiger partial charge is 0.306 e. The van der Waals surface area contributed by atoms with Gasteiger partial charge in [-0.25, -0.2) is 17.6 Å². The minimum absolute atomic E-state index is 0.517. The first-order valence-electron chi connectivity index (χ1n) is 2.73. The van der Waals surface area contributed by atoms with Crippen LogP contribution in [0, 0.1) is 0 Å². The lowest BCUT2D eigenvalue weighted by Crippen LogP contribution is -2.31. The van der Waals surface area contributed by atoms with Gasteiger partial charge in [-0.15, -0.1) is 6.58 Å². The molecule has 0 aromatic rings. The second kappa shape index (κ2) is 3.58. The smallest absolute Gasteiger partial charge is 0.244 e. The maximum atomic E-state index is 12.1. The Morgan fingerprint density at radius 2 is 2.00 bits per heavy atom. The van der Waals surface area contributed by atoms with E-state index in [0.29, 0.717) is 0 Å². The highest BCUT2D eigenvalue weighted by Crippen LogP contribution is 2.24. The Balaban J connectivity index is 3.89. The van der Waals surface area contributed by atoms with Crippen molar-refractivity contribution >= 4 is 0 Å². The Hall–Kier alpha value is -0.540. The number of halogens is 4. The van der Waals surface area contributed by atoms with Crippen LogP contribution in [-0.4, -0.2) is 18.8 Å². The van der Waals surface area contributed by atoms with E-state index < -0.39 is 25.2 Å². The van der Waals surface area contributed by atoms with Crippen molar-refractivity contribution in [1.29, 1.82) is 0 Å². The van der Waals surface area contributed by atoms with Gasteiger partial charge in [0.25, 0.3) is 0 Å². The third-order valence-corrected chi connectivity index (χ3v) is 1.01. The van der Waals surface area contributed by atoms with Gasteiger partial charge in [-0.1, -0.05) is 6.08 Å². The van der Waals surface area contributed by atoms with Gasteiger partial charge in [0, 0.05) is 6.42 Å². The quantitative estimate of drug-likeness (QED) is 0.433. The molecule has 0 saturated heterocycles. The summed E-state index contributed by atoms with van der Waals surface area (Å²) in [7, 11) is 0. The highest BCUT2D eigenvalue weighted by Gasteiger charge is 2.39. The van der Waals surface area contributed by atoms with Gasteiger partial charge >= 0.3 is 5.92 Å². The van der Waals surface area contributed by atoms with E-state index in [-0.39, 0.29) is 0 Å². The van der Waals surface area contributed by atoms with Crippen LogP contribution in [0.25, 0.3) is 0 Å². The zero-order valence-corrected chi connectivity index (χ0v) is 5.29. The number of rotatable bonds is 4. The van der Waals surface area contributed by atoms with Crippen molar-refractivity contribution in [3.05, 3.63) is 12.7 Å². The van der Waals surface area contributed by atoms with Crippen molar-refractivity contribution in [3.8, 4) is 0 Å². The van der Waals surface area contributed by atoms with Crippen molar-refractivity contribution in [3.63, 3.8) is 0 Å². The average molecular weight is 156 g/mol. The number of hydrogen-bond acceptors (Lipinski definition) is 0. The van der Waals surface area contributed by atoms with Crippen LogP contribution in [0.2, 0.25) is 0 Å². The van der Waals surface area contributed by atoms with E-state index in [1.807, 2.05) is 0 Å². The molecule has 0 spiro atoms. The first-order valence-corrected chi connectivity index (χ1v) is 2.73. The van der Waals surface area contributed by atoms with Gasteiger partial charge in [-0.3, -0.25) is 0 Å². The van der Waals surface area contributed by atoms with Crippen molar-refractivity contribution in [2.75, 3.05) is 6.67 Å². The van der Waals surface area contributed by atoms with Gasteiger partial charge < -0.3 is 0 Å². The molecule has 0 N–H and O–H groups in total. The van der Waals surface area contributed by atoms with Crippen LogP contribution < -0.4 is 0 Å². The van der Waals surface area contributed by atoms with Crippen molar-refractivity contribution in [1.82, 2.24) is 0 Å². The second-order valence-corrected chi connectivity index (χ2v) is 1.89. The van der Waals surface area contributed by atoms with Crippen LogP contribution >= 0.6 is 0 Å². The Bertz CT molecular complexity index is 110. The Morgan fingerprint density at radius 1 is 1.50 bits per heavy atom. The molecule has 1 atom stereocenters. The minimum atomic E-state index is -3.85. The molecule has 0 aromatic heterocycles. The molecule has 0 heterocycles. The summed E-state index contributed by atoms with van der Waals surface area (Å²) in [6.07, 6.45) is -1.97. The summed E-state index contributed by atoms with van der Waals surface area (Å²) < 4.78 is 47.3. The predicted octanol–water partition coefficient (Wildman–Crippen LogP) is 2.51. The normalized spacial score (nSPS) is 14.8. The van der Waals surface area contributed by atoms with E-state index in [1.165, 1.54) is 0 Å². The van der Waals surface area contributed by atoms with E-state index in [9.17, 15) is 17.6 Å². The van der Waals surface area contributed by atoms with Gasteiger partial charge in [-0.05, 0) is 0 Å². The summed E-state index contributed by atoms with van der Waals surface area (Å²) in [6.45, 7) is 1.10. The lowest BCUT2D eigenvalue weighted by Gasteiger charge is -2.14. The maximum Gasteiger partial charge on any atom is 0.306 e. The highest BCUT2D eigenvalue weighted by molar-refractivity contribution is 4.82. The fourth-order valence-corrected chi connectivity index (χ4v) is 0.402. The summed E-state index contributed by atoms with van der Waals surface area (Å²) in [6, 6.07) is 0. The SMILES string of the molecule is C=CCC(F)C(F)(F)CF. The molecule has 60 valence electrons. The summed E-state index contributed by atoms with van der Waals surface area (Å²) in [5.41, 5.74) is 0. The molecule has 0 radical (unpaired) electrons. The van der Waals surface area contributed by atoms with Gasteiger partial charge in [0.05, 0.1) is 0 Å². The molecular weight excluding hydrogens is 148 g/mol. The molecule has 0 rings (SSSR count). The predicted molar refractivity (Wildman–Crippen MR) is 30.6 cm³/mol. The van der Waals surface area contributed by atoms with Gasteiger partial charge in [0.15, 0.2) is 12.8 Å². The van der Waals surface area contributed by atoms with Gasteiger partial charge in [0.1, 0.15) is 0 Å². The minimum Gasteiger partial charge on any atom is -0.244 e. The van der Waals surface area contributed by atoms with Crippen molar-refractivity contribution in [2.24, 2.45) is 0 Å². The Morgan fingerprint density at radius 3 is 2.30 bits per heavy atom. The van der Waals surface area contributed by atoms with E-state index in [2.05, 4.69) is 6.58 Å². The maximum absolute atomic E-state index is 12.1. The van der Waals surface area contributed by atoms with Crippen molar-refractivity contribution < 1.29 is 17.6 Å². The second-order valence-electron chi connectivity index (χ2n) is 1.89. The summed E-state index contributed by atoms with van der Waals surface area (Å²) in [5, 5.41) is 0. The molecule has 0 nitrogen and oxygen atoms in total. The lowest BCUT2D eigenvalue weighted by atomic mass is 10.1. The lowest BCUT2D eigenvalue weighted by molar-refractivity contribution is -0.0863. The third-order valence-electron chi connectivity index (χ3n) is 1.01. The van der Waals surface area contributed by atoms with Crippen LogP contribution in [0.15, 0.2) is 12.7 Å². The molecule has 0 aromatic carbocycles. The molecule has 0 aliphatic carbocycles. The fourth-order valence-electron chi connectivity index (χ4n) is 0.402. The van der Waals surface area contributed by atoms with Crippen LogP contribution in [-0.2, 0) is 0 Å². The van der Waals surface area contributed by atoms with Crippen LogP contribution in [0.5, 0.6) is 0 Å². The van der Waals surface area contributed by atoms with E-state index in [0.717, 1.165) is 6.08 Å². The van der Waals surface area contributed by atoms with Crippen LogP contribution in [0.1, 0.15) is 6.42 Å². The monoisotopic (exact) mass is 156 g/mol. The summed E-state index contributed by atoms with van der Waals surface area (Å²) >= 11 is 0. The number of hydrogen-bond donors (Lipinski definition) is 0. The molecule has 10 heavy (non-hydrogen) atoms. The van der Waals surface area contributed by atoms with Crippen LogP contribution in [0.4, 0.5) is 17.6 Å². The third kappa shape index (κ3) is 2.37. The molecule has 1 unspecified atom stereocenters.